The smallest absolute Gasteiger partial charge is 0.122 e. The van der Waals surface area contributed by atoms with Crippen molar-refractivity contribution >= 4 is 15.9 Å². The molecule has 0 saturated heterocycles. The Morgan fingerprint density at radius 2 is 2.00 bits per heavy atom. The molecule has 0 aliphatic rings. The van der Waals surface area contributed by atoms with E-state index in [0.29, 0.717) is 0 Å². The number of benzene rings is 1. The molecule has 0 aliphatic carbocycles. The molecule has 1 atom stereocenters. The van der Waals surface area contributed by atoms with Gasteiger partial charge in [0.05, 0.1) is 18.8 Å². The summed E-state index contributed by atoms with van der Waals surface area (Å²) in [6, 6.07) is 8.45. The molecule has 0 saturated carbocycles. The normalized spacial score (nSPS) is 12.2. The molecular formula is C17H21BrN2O. The summed E-state index contributed by atoms with van der Waals surface area (Å²) >= 11 is 3.44. The van der Waals surface area contributed by atoms with Gasteiger partial charge in [-0.25, -0.2) is 0 Å². The predicted molar refractivity (Wildman–Crippen MR) is 89.9 cm³/mol. The second kappa shape index (κ2) is 7.05. The van der Waals surface area contributed by atoms with E-state index in [1.54, 1.807) is 7.11 Å². The van der Waals surface area contributed by atoms with Gasteiger partial charge < -0.3 is 10.1 Å². The minimum atomic E-state index is 0.0905. The van der Waals surface area contributed by atoms with E-state index in [9.17, 15) is 0 Å². The molecule has 3 nitrogen and oxygen atoms in total. The van der Waals surface area contributed by atoms with E-state index in [1.165, 1.54) is 11.1 Å². The van der Waals surface area contributed by atoms with Crippen LogP contribution < -0.4 is 10.1 Å². The SMILES string of the molecule is CCNC(c1ccc(Br)cn1)c1cc(C)c(OC)cc1C. The van der Waals surface area contributed by atoms with Crippen LogP contribution in [0.15, 0.2) is 34.9 Å². The van der Waals surface area contributed by atoms with E-state index in [0.717, 1.165) is 28.0 Å². The molecule has 1 N–H and O–H groups in total. The molecule has 0 bridgehead atoms. The van der Waals surface area contributed by atoms with Crippen molar-refractivity contribution in [1.29, 1.82) is 0 Å². The number of rotatable bonds is 5. The van der Waals surface area contributed by atoms with Gasteiger partial charge in [-0.2, -0.15) is 0 Å². The van der Waals surface area contributed by atoms with E-state index in [-0.39, 0.29) is 6.04 Å². The van der Waals surface area contributed by atoms with Crippen LogP contribution >= 0.6 is 15.9 Å². The first-order valence-electron chi connectivity index (χ1n) is 7.06. The van der Waals surface area contributed by atoms with Crippen molar-refractivity contribution in [2.75, 3.05) is 13.7 Å². The fourth-order valence-electron chi connectivity index (χ4n) is 2.48. The van der Waals surface area contributed by atoms with Gasteiger partial charge in [0, 0.05) is 10.7 Å². The van der Waals surface area contributed by atoms with Crippen LogP contribution in [-0.2, 0) is 0 Å². The average Bonchev–Trinajstić information content (AvgIpc) is 2.48. The molecule has 2 rings (SSSR count). The van der Waals surface area contributed by atoms with E-state index >= 15 is 0 Å². The number of halogens is 1. The Morgan fingerprint density at radius 1 is 1.24 bits per heavy atom. The van der Waals surface area contributed by atoms with Gasteiger partial charge in [-0.1, -0.05) is 13.0 Å². The van der Waals surface area contributed by atoms with Crippen LogP contribution in [0.4, 0.5) is 0 Å². The van der Waals surface area contributed by atoms with Crippen molar-refractivity contribution in [2.24, 2.45) is 0 Å². The summed E-state index contributed by atoms with van der Waals surface area (Å²) < 4.78 is 6.39. The summed E-state index contributed by atoms with van der Waals surface area (Å²) in [6.45, 7) is 7.17. The van der Waals surface area contributed by atoms with E-state index in [4.69, 9.17) is 4.74 Å². The van der Waals surface area contributed by atoms with Crippen molar-refractivity contribution in [3.63, 3.8) is 0 Å². The summed E-state index contributed by atoms with van der Waals surface area (Å²) in [7, 11) is 1.71. The van der Waals surface area contributed by atoms with Gasteiger partial charge in [-0.05, 0) is 71.2 Å². The zero-order chi connectivity index (χ0) is 15.4. The van der Waals surface area contributed by atoms with E-state index < -0.39 is 0 Å². The molecular weight excluding hydrogens is 328 g/mol. The number of aromatic nitrogens is 1. The molecule has 0 spiro atoms. The molecule has 0 fully saturated rings. The standard InChI is InChI=1S/C17H21BrN2O/c1-5-19-17(15-7-6-13(18)10-20-15)14-8-12(3)16(21-4)9-11(14)2/h6-10,17,19H,5H2,1-4H3. The lowest BCUT2D eigenvalue weighted by atomic mass is 9.95. The quantitative estimate of drug-likeness (QED) is 0.880. The van der Waals surface area contributed by atoms with Crippen LogP contribution in [0.1, 0.15) is 35.3 Å². The van der Waals surface area contributed by atoms with E-state index in [2.05, 4.69) is 65.2 Å². The molecule has 1 aromatic carbocycles. The van der Waals surface area contributed by atoms with E-state index in [1.807, 2.05) is 12.3 Å². The number of ether oxygens (including phenoxy) is 1. The number of hydrogen-bond donors (Lipinski definition) is 1. The lowest BCUT2D eigenvalue weighted by Crippen LogP contribution is -2.23. The van der Waals surface area contributed by atoms with Crippen LogP contribution in [0.5, 0.6) is 5.75 Å². The monoisotopic (exact) mass is 348 g/mol. The first-order valence-corrected chi connectivity index (χ1v) is 7.86. The largest absolute Gasteiger partial charge is 0.496 e. The molecule has 0 radical (unpaired) electrons. The predicted octanol–water partition coefficient (Wildman–Crippen LogP) is 4.17. The van der Waals surface area contributed by atoms with Crippen LogP contribution in [0.2, 0.25) is 0 Å². The molecule has 0 amide bonds. The molecule has 2 aromatic rings. The highest BCUT2D eigenvalue weighted by Gasteiger charge is 2.18. The summed E-state index contributed by atoms with van der Waals surface area (Å²) in [5.74, 6) is 0.926. The van der Waals surface area contributed by atoms with Crippen LogP contribution in [0.25, 0.3) is 0 Å². The first kappa shape index (κ1) is 16.0. The van der Waals surface area contributed by atoms with Gasteiger partial charge in [-0.15, -0.1) is 0 Å². The molecule has 4 heteroatoms. The van der Waals surface area contributed by atoms with Gasteiger partial charge in [0.1, 0.15) is 5.75 Å². The molecule has 1 aromatic heterocycles. The molecule has 1 heterocycles. The van der Waals surface area contributed by atoms with Crippen LogP contribution in [0, 0.1) is 13.8 Å². The number of nitrogens with zero attached hydrogens (tertiary/aromatic N) is 1. The van der Waals surface area contributed by atoms with Crippen molar-refractivity contribution in [1.82, 2.24) is 10.3 Å². The Kier molecular flexibility index (Phi) is 5.37. The molecule has 112 valence electrons. The fraction of sp³-hybridized carbons (Fsp3) is 0.353. The lowest BCUT2D eigenvalue weighted by Gasteiger charge is -2.21. The second-order valence-electron chi connectivity index (χ2n) is 5.07. The van der Waals surface area contributed by atoms with Crippen LogP contribution in [-0.4, -0.2) is 18.6 Å². The number of methoxy groups -OCH3 is 1. The highest BCUT2D eigenvalue weighted by molar-refractivity contribution is 9.10. The summed E-state index contributed by atoms with van der Waals surface area (Å²) in [6.07, 6.45) is 1.84. The average molecular weight is 349 g/mol. The molecule has 1 unspecified atom stereocenters. The maximum Gasteiger partial charge on any atom is 0.122 e. The third kappa shape index (κ3) is 3.63. The van der Waals surface area contributed by atoms with Gasteiger partial charge in [0.25, 0.3) is 0 Å². The minimum Gasteiger partial charge on any atom is -0.496 e. The number of aryl methyl sites for hydroxylation is 2. The lowest BCUT2D eigenvalue weighted by molar-refractivity contribution is 0.411. The summed E-state index contributed by atoms with van der Waals surface area (Å²) in [5, 5.41) is 3.52. The van der Waals surface area contributed by atoms with Crippen molar-refractivity contribution in [2.45, 2.75) is 26.8 Å². The Bertz CT molecular complexity index is 611. The highest BCUT2D eigenvalue weighted by atomic mass is 79.9. The molecule has 21 heavy (non-hydrogen) atoms. The third-order valence-electron chi connectivity index (χ3n) is 3.55. The Morgan fingerprint density at radius 3 is 2.57 bits per heavy atom. The second-order valence-corrected chi connectivity index (χ2v) is 5.99. The Hall–Kier alpha value is -1.39. The topological polar surface area (TPSA) is 34.2 Å². The number of nitrogens with one attached hydrogen (secondary N) is 1. The van der Waals surface area contributed by atoms with Crippen molar-refractivity contribution < 1.29 is 4.74 Å². The number of pyridine rings is 1. The maximum atomic E-state index is 5.40. The van der Waals surface area contributed by atoms with Crippen LogP contribution in [0.3, 0.4) is 0 Å². The Balaban J connectivity index is 2.47. The van der Waals surface area contributed by atoms with Crippen molar-refractivity contribution in [3.05, 3.63) is 57.3 Å². The maximum absolute atomic E-state index is 5.40. The summed E-state index contributed by atoms with van der Waals surface area (Å²) in [4.78, 5) is 4.55. The summed E-state index contributed by atoms with van der Waals surface area (Å²) in [5.41, 5.74) is 4.60. The molecule has 0 aliphatic heterocycles. The third-order valence-corrected chi connectivity index (χ3v) is 4.02. The Labute approximate surface area is 134 Å². The minimum absolute atomic E-state index is 0.0905. The van der Waals surface area contributed by atoms with Crippen molar-refractivity contribution in [3.8, 4) is 5.75 Å². The zero-order valence-corrected chi connectivity index (χ0v) is 14.5. The van der Waals surface area contributed by atoms with Gasteiger partial charge in [-0.3, -0.25) is 4.98 Å². The first-order chi connectivity index (χ1) is 10.1. The van der Waals surface area contributed by atoms with Gasteiger partial charge in [0.2, 0.25) is 0 Å². The fourth-order valence-corrected chi connectivity index (χ4v) is 2.71. The highest BCUT2D eigenvalue weighted by Crippen LogP contribution is 2.29. The van der Waals surface area contributed by atoms with Gasteiger partial charge in [0.15, 0.2) is 0 Å². The van der Waals surface area contributed by atoms with Gasteiger partial charge >= 0.3 is 0 Å². The zero-order valence-electron chi connectivity index (χ0n) is 12.9. The number of hydrogen-bond acceptors (Lipinski definition) is 3.